The van der Waals surface area contributed by atoms with Gasteiger partial charge in [0, 0.05) is 0 Å². The van der Waals surface area contributed by atoms with E-state index in [4.69, 9.17) is 16.0 Å². The van der Waals surface area contributed by atoms with Crippen molar-refractivity contribution in [2.24, 2.45) is 0 Å². The van der Waals surface area contributed by atoms with Crippen molar-refractivity contribution in [2.75, 3.05) is 17.8 Å². The number of nitrogens with zero attached hydrogens (tertiary/aromatic N) is 1. The molecule has 0 aromatic carbocycles. The Morgan fingerprint density at radius 3 is 3.15 bits per heavy atom. The van der Waals surface area contributed by atoms with Crippen molar-refractivity contribution < 1.29 is 13.9 Å². The molecule has 0 bridgehead atoms. The summed E-state index contributed by atoms with van der Waals surface area (Å²) in [6.45, 7) is 1.88. The van der Waals surface area contributed by atoms with E-state index in [0.717, 1.165) is 0 Å². The lowest BCUT2D eigenvalue weighted by atomic mass is 10.5. The molecule has 0 aliphatic heterocycles. The summed E-state index contributed by atoms with van der Waals surface area (Å²) in [5, 5.41) is 2.38. The molecule has 1 rings (SSSR count). The zero-order valence-electron chi connectivity index (χ0n) is 7.04. The molecule has 0 saturated heterocycles. The number of carbonyl (C=O) groups excluding carboxylic acids is 1. The predicted molar refractivity (Wildman–Crippen MR) is 46.9 cm³/mol. The Hall–Kier alpha value is -1.23. The van der Waals surface area contributed by atoms with Crippen LogP contribution >= 0.6 is 11.6 Å². The van der Waals surface area contributed by atoms with Crippen LogP contribution in [-0.4, -0.2) is 23.6 Å². The molecule has 72 valence electrons. The fraction of sp³-hybridized carbons (Fsp3) is 0.429. The number of anilines is 1. The van der Waals surface area contributed by atoms with Crippen LogP contribution in [0.25, 0.3) is 0 Å². The van der Waals surface area contributed by atoms with Gasteiger partial charge in [0.05, 0.1) is 5.88 Å². The Bertz CT molecular complexity index is 287. The van der Waals surface area contributed by atoms with E-state index in [2.05, 4.69) is 15.0 Å². The van der Waals surface area contributed by atoms with Gasteiger partial charge >= 0.3 is 6.09 Å². The predicted octanol–water partition coefficient (Wildman–Crippen LogP) is 1.77. The standard InChI is InChI=1S/C7H9ClN2O3/c1-5-6(13-4-9-5)10-7(11)12-3-2-8/h4H,2-3H2,1H3,(H,10,11). The van der Waals surface area contributed by atoms with Crippen molar-refractivity contribution >= 4 is 23.6 Å². The quantitative estimate of drug-likeness (QED) is 0.763. The summed E-state index contributed by atoms with van der Waals surface area (Å²) < 4.78 is 9.51. The van der Waals surface area contributed by atoms with Gasteiger partial charge in [-0.1, -0.05) is 0 Å². The SMILES string of the molecule is Cc1ncoc1NC(=O)OCCCl. The maximum atomic E-state index is 10.9. The van der Waals surface area contributed by atoms with Crippen molar-refractivity contribution in [3.8, 4) is 0 Å². The highest BCUT2D eigenvalue weighted by Crippen LogP contribution is 2.11. The lowest BCUT2D eigenvalue weighted by Crippen LogP contribution is -2.15. The van der Waals surface area contributed by atoms with Gasteiger partial charge < -0.3 is 9.15 Å². The van der Waals surface area contributed by atoms with Gasteiger partial charge in [-0.05, 0) is 6.92 Å². The number of alkyl halides is 1. The van der Waals surface area contributed by atoms with Crippen molar-refractivity contribution in [1.82, 2.24) is 4.98 Å². The van der Waals surface area contributed by atoms with Crippen molar-refractivity contribution in [2.45, 2.75) is 6.92 Å². The molecule has 13 heavy (non-hydrogen) atoms. The second kappa shape index (κ2) is 4.71. The normalized spacial score (nSPS) is 9.69. The van der Waals surface area contributed by atoms with Crippen LogP contribution in [0.15, 0.2) is 10.8 Å². The van der Waals surface area contributed by atoms with Crippen LogP contribution in [-0.2, 0) is 4.74 Å². The van der Waals surface area contributed by atoms with Gasteiger partial charge in [-0.2, -0.15) is 0 Å². The molecule has 1 aromatic rings. The summed E-state index contributed by atoms with van der Waals surface area (Å²) in [7, 11) is 0. The van der Waals surface area contributed by atoms with Gasteiger partial charge in [0.1, 0.15) is 12.3 Å². The third kappa shape index (κ3) is 2.95. The number of oxazole rings is 1. The van der Waals surface area contributed by atoms with Gasteiger partial charge in [-0.15, -0.1) is 11.6 Å². The average molecular weight is 205 g/mol. The highest BCUT2D eigenvalue weighted by Gasteiger charge is 2.08. The van der Waals surface area contributed by atoms with Gasteiger partial charge in [0.15, 0.2) is 6.39 Å². The minimum atomic E-state index is -0.597. The van der Waals surface area contributed by atoms with Crippen molar-refractivity contribution in [3.63, 3.8) is 0 Å². The average Bonchev–Trinajstić information content (AvgIpc) is 2.48. The molecule has 0 fully saturated rings. The zero-order valence-corrected chi connectivity index (χ0v) is 7.80. The molecule has 0 aliphatic carbocycles. The lowest BCUT2D eigenvalue weighted by molar-refractivity contribution is 0.168. The van der Waals surface area contributed by atoms with Crippen molar-refractivity contribution in [3.05, 3.63) is 12.1 Å². The third-order valence-corrected chi connectivity index (χ3v) is 1.43. The van der Waals surface area contributed by atoms with Crippen LogP contribution in [0.3, 0.4) is 0 Å². The number of hydrogen-bond donors (Lipinski definition) is 1. The molecular weight excluding hydrogens is 196 g/mol. The fourth-order valence-corrected chi connectivity index (χ4v) is 0.759. The number of carbonyl (C=O) groups is 1. The second-order valence-electron chi connectivity index (χ2n) is 2.22. The summed E-state index contributed by atoms with van der Waals surface area (Å²) in [6, 6.07) is 0. The molecule has 1 aromatic heterocycles. The summed E-state index contributed by atoms with van der Waals surface area (Å²) in [5.41, 5.74) is 0.600. The largest absolute Gasteiger partial charge is 0.448 e. The molecule has 1 amide bonds. The molecular formula is C7H9ClN2O3. The first kappa shape index (κ1) is 9.85. The molecule has 6 heteroatoms. The molecule has 1 heterocycles. The van der Waals surface area contributed by atoms with Crippen LogP contribution in [0.4, 0.5) is 10.7 Å². The molecule has 0 radical (unpaired) electrons. The summed E-state index contributed by atoms with van der Waals surface area (Å²) in [5.74, 6) is 0.558. The molecule has 1 N–H and O–H groups in total. The molecule has 5 nitrogen and oxygen atoms in total. The van der Waals surface area contributed by atoms with E-state index in [9.17, 15) is 4.79 Å². The van der Waals surface area contributed by atoms with E-state index >= 15 is 0 Å². The number of rotatable bonds is 3. The van der Waals surface area contributed by atoms with Gasteiger partial charge in [0.25, 0.3) is 0 Å². The number of aromatic nitrogens is 1. The van der Waals surface area contributed by atoms with Crippen LogP contribution in [0.5, 0.6) is 0 Å². The number of nitrogens with one attached hydrogen (secondary N) is 1. The lowest BCUT2D eigenvalue weighted by Gasteiger charge is -2.02. The number of ether oxygens (including phenoxy) is 1. The first-order chi connectivity index (χ1) is 6.24. The Morgan fingerprint density at radius 1 is 1.85 bits per heavy atom. The van der Waals surface area contributed by atoms with E-state index in [1.807, 2.05) is 0 Å². The third-order valence-electron chi connectivity index (χ3n) is 1.27. The van der Waals surface area contributed by atoms with Gasteiger partial charge in [0.2, 0.25) is 5.88 Å². The fourth-order valence-electron chi connectivity index (χ4n) is 0.682. The zero-order chi connectivity index (χ0) is 9.68. The number of halogens is 1. The van der Waals surface area contributed by atoms with Gasteiger partial charge in [-0.3, -0.25) is 5.32 Å². The Balaban J connectivity index is 2.41. The highest BCUT2D eigenvalue weighted by atomic mass is 35.5. The van der Waals surface area contributed by atoms with E-state index in [1.54, 1.807) is 6.92 Å². The summed E-state index contributed by atoms with van der Waals surface area (Å²) >= 11 is 5.32. The highest BCUT2D eigenvalue weighted by molar-refractivity contribution is 6.18. The molecule has 0 atom stereocenters. The summed E-state index contributed by atoms with van der Waals surface area (Å²) in [4.78, 5) is 14.7. The number of amides is 1. The smallest absolute Gasteiger partial charge is 0.414 e. The van der Waals surface area contributed by atoms with Crippen LogP contribution < -0.4 is 5.32 Å². The Kier molecular flexibility index (Phi) is 3.57. The van der Waals surface area contributed by atoms with Crippen LogP contribution in [0, 0.1) is 6.92 Å². The van der Waals surface area contributed by atoms with Crippen LogP contribution in [0.1, 0.15) is 5.69 Å². The molecule has 0 spiro atoms. The maximum absolute atomic E-state index is 10.9. The van der Waals surface area contributed by atoms with E-state index < -0.39 is 6.09 Å². The van der Waals surface area contributed by atoms with Crippen molar-refractivity contribution in [1.29, 1.82) is 0 Å². The summed E-state index contributed by atoms with van der Waals surface area (Å²) in [6.07, 6.45) is 0.646. The first-order valence-electron chi connectivity index (χ1n) is 3.64. The molecule has 0 unspecified atom stereocenters. The van der Waals surface area contributed by atoms with E-state index in [1.165, 1.54) is 6.39 Å². The number of aryl methyl sites for hydroxylation is 1. The van der Waals surface area contributed by atoms with E-state index in [-0.39, 0.29) is 12.5 Å². The molecule has 0 aliphatic rings. The van der Waals surface area contributed by atoms with Gasteiger partial charge in [-0.25, -0.2) is 9.78 Å². The first-order valence-corrected chi connectivity index (χ1v) is 4.17. The number of hydrogen-bond acceptors (Lipinski definition) is 4. The minimum absolute atomic E-state index is 0.167. The topological polar surface area (TPSA) is 64.4 Å². The molecule has 0 saturated carbocycles. The Morgan fingerprint density at radius 2 is 2.62 bits per heavy atom. The Labute approximate surface area is 80.0 Å². The minimum Gasteiger partial charge on any atom is -0.448 e. The maximum Gasteiger partial charge on any atom is 0.414 e. The monoisotopic (exact) mass is 204 g/mol. The van der Waals surface area contributed by atoms with Crippen LogP contribution in [0.2, 0.25) is 0 Å². The second-order valence-corrected chi connectivity index (χ2v) is 2.59. The van der Waals surface area contributed by atoms with E-state index in [0.29, 0.717) is 11.6 Å².